The standard InChI is InChI=1S/C15H12ClNO4.C15H10F3NO4/c1-8-6-7-10(15(20)21)13(12(8)16)17-11-5-3-2-4-9(11)14(18)19;16-15(17,18)8-5-6-10(14(22)23)12(7-8)19-11-4-2-1-3-9(11)13(20)21/h2-7,17H,1H3,(H,18,19)(H,20,21);1-7,19H,(H,20,21)(H,22,23). The minimum absolute atomic E-state index is 0.0122. The molecule has 0 aliphatic carbocycles. The van der Waals surface area contributed by atoms with Gasteiger partial charge in [-0.25, -0.2) is 19.2 Å². The Morgan fingerprint density at radius 1 is 0.614 bits per heavy atom. The molecule has 4 rings (SSSR count). The summed E-state index contributed by atoms with van der Waals surface area (Å²) < 4.78 is 38.3. The first-order chi connectivity index (χ1) is 20.6. The van der Waals surface area contributed by atoms with Crippen LogP contribution in [0.5, 0.6) is 0 Å². The van der Waals surface area contributed by atoms with Gasteiger partial charge in [-0.15, -0.1) is 0 Å². The van der Waals surface area contributed by atoms with Crippen LogP contribution in [0.3, 0.4) is 0 Å². The van der Waals surface area contributed by atoms with Crippen LogP contribution in [0.1, 0.15) is 52.6 Å². The molecule has 4 aromatic carbocycles. The number of hydrogen-bond donors (Lipinski definition) is 6. The first kappa shape index (κ1) is 32.9. The molecular weight excluding hydrogens is 609 g/mol. The number of carboxylic acid groups (broad SMARTS) is 4. The summed E-state index contributed by atoms with van der Waals surface area (Å²) in [6.07, 6.45) is -4.65. The van der Waals surface area contributed by atoms with E-state index in [-0.39, 0.29) is 44.5 Å². The lowest BCUT2D eigenvalue weighted by molar-refractivity contribution is -0.137. The molecule has 0 amide bonds. The first-order valence-electron chi connectivity index (χ1n) is 12.3. The van der Waals surface area contributed by atoms with Crippen LogP contribution in [-0.2, 0) is 6.18 Å². The lowest BCUT2D eigenvalue weighted by atomic mass is 10.1. The highest BCUT2D eigenvalue weighted by Gasteiger charge is 2.31. The van der Waals surface area contributed by atoms with Gasteiger partial charge in [0.1, 0.15) is 0 Å². The highest BCUT2D eigenvalue weighted by molar-refractivity contribution is 6.35. The molecule has 0 spiro atoms. The van der Waals surface area contributed by atoms with Gasteiger partial charge in [0.05, 0.1) is 55.6 Å². The molecule has 0 aromatic heterocycles. The van der Waals surface area contributed by atoms with Gasteiger partial charge in [0.25, 0.3) is 0 Å². The Bertz CT molecular complexity index is 1760. The summed E-state index contributed by atoms with van der Waals surface area (Å²) in [6, 6.07) is 16.8. The molecule has 0 aliphatic rings. The zero-order valence-electron chi connectivity index (χ0n) is 22.4. The van der Waals surface area contributed by atoms with Crippen molar-refractivity contribution in [2.45, 2.75) is 13.1 Å². The summed E-state index contributed by atoms with van der Waals surface area (Å²) in [5, 5.41) is 42.0. The van der Waals surface area contributed by atoms with Gasteiger partial charge in [0.2, 0.25) is 0 Å². The number of carbonyl (C=O) groups is 4. The quantitative estimate of drug-likeness (QED) is 0.114. The molecule has 14 heteroatoms. The number of anilines is 4. The fourth-order valence-electron chi connectivity index (χ4n) is 3.83. The van der Waals surface area contributed by atoms with E-state index in [0.717, 1.165) is 6.07 Å². The van der Waals surface area contributed by atoms with E-state index >= 15 is 0 Å². The maximum atomic E-state index is 12.8. The third-order valence-electron chi connectivity index (χ3n) is 5.99. The molecule has 6 N–H and O–H groups in total. The van der Waals surface area contributed by atoms with Crippen LogP contribution in [-0.4, -0.2) is 44.3 Å². The molecule has 0 unspecified atom stereocenters. The van der Waals surface area contributed by atoms with Gasteiger partial charge in [-0.1, -0.05) is 41.9 Å². The predicted molar refractivity (Wildman–Crippen MR) is 155 cm³/mol. The Balaban J connectivity index is 0.000000241. The molecule has 4 aromatic rings. The fraction of sp³-hybridized carbons (Fsp3) is 0.0667. The second-order valence-electron chi connectivity index (χ2n) is 8.94. The van der Waals surface area contributed by atoms with Gasteiger partial charge in [-0.05, 0) is 61.0 Å². The zero-order chi connectivity index (χ0) is 32.8. The third kappa shape index (κ3) is 7.83. The van der Waals surface area contributed by atoms with E-state index in [0.29, 0.717) is 17.7 Å². The average Bonchev–Trinajstić information content (AvgIpc) is 2.95. The zero-order valence-corrected chi connectivity index (χ0v) is 23.2. The van der Waals surface area contributed by atoms with E-state index in [1.165, 1.54) is 36.4 Å². The summed E-state index contributed by atoms with van der Waals surface area (Å²) in [7, 11) is 0. The van der Waals surface area contributed by atoms with E-state index in [9.17, 15) is 37.5 Å². The van der Waals surface area contributed by atoms with Crippen molar-refractivity contribution in [2.75, 3.05) is 10.6 Å². The van der Waals surface area contributed by atoms with Gasteiger partial charge >= 0.3 is 30.1 Å². The maximum absolute atomic E-state index is 12.8. The van der Waals surface area contributed by atoms with E-state index < -0.39 is 41.2 Å². The van der Waals surface area contributed by atoms with Crippen LogP contribution in [0.25, 0.3) is 0 Å². The summed E-state index contributed by atoms with van der Waals surface area (Å²) in [5.74, 6) is -4.99. The molecule has 0 fully saturated rings. The SMILES string of the molecule is Cc1ccc(C(=O)O)c(Nc2ccccc2C(=O)O)c1Cl.O=C(O)c1ccccc1Nc1cc(C(F)(F)F)ccc1C(=O)O. The van der Waals surface area contributed by atoms with Crippen molar-refractivity contribution in [2.24, 2.45) is 0 Å². The van der Waals surface area contributed by atoms with Crippen LogP contribution in [0, 0.1) is 6.92 Å². The number of halogens is 4. The fourth-order valence-corrected chi connectivity index (χ4v) is 4.04. The Kier molecular flexibility index (Phi) is 10.2. The van der Waals surface area contributed by atoms with Crippen LogP contribution in [0.15, 0.2) is 78.9 Å². The summed E-state index contributed by atoms with van der Waals surface area (Å²) in [6.45, 7) is 1.74. The Hall–Kier alpha value is -5.56. The van der Waals surface area contributed by atoms with Gasteiger partial charge in [0.15, 0.2) is 0 Å². The molecule has 44 heavy (non-hydrogen) atoms. The molecule has 0 heterocycles. The van der Waals surface area contributed by atoms with Crippen LogP contribution < -0.4 is 10.6 Å². The number of nitrogens with one attached hydrogen (secondary N) is 2. The largest absolute Gasteiger partial charge is 0.478 e. The van der Waals surface area contributed by atoms with Crippen LogP contribution in [0.4, 0.5) is 35.9 Å². The second kappa shape index (κ2) is 13.6. The van der Waals surface area contributed by atoms with Gasteiger partial charge < -0.3 is 31.1 Å². The average molecular weight is 631 g/mol. The van der Waals surface area contributed by atoms with Crippen molar-refractivity contribution in [1.82, 2.24) is 0 Å². The number of aryl methyl sites for hydroxylation is 1. The van der Waals surface area contributed by atoms with Crippen LogP contribution >= 0.6 is 11.6 Å². The van der Waals surface area contributed by atoms with Gasteiger partial charge in [-0.2, -0.15) is 13.2 Å². The summed E-state index contributed by atoms with van der Waals surface area (Å²) >= 11 is 6.15. The van der Waals surface area contributed by atoms with Crippen molar-refractivity contribution in [3.05, 3.63) is 117 Å². The van der Waals surface area contributed by atoms with E-state index in [1.807, 2.05) is 0 Å². The first-order valence-corrected chi connectivity index (χ1v) is 12.6. The molecule has 0 atom stereocenters. The summed E-state index contributed by atoms with van der Waals surface area (Å²) in [5.41, 5.74) is -0.841. The van der Waals surface area contributed by atoms with Crippen LogP contribution in [0.2, 0.25) is 5.02 Å². The molecule has 0 radical (unpaired) electrons. The molecule has 228 valence electrons. The highest BCUT2D eigenvalue weighted by Crippen LogP contribution is 2.35. The molecule has 0 saturated heterocycles. The number of benzene rings is 4. The molecule has 0 saturated carbocycles. The normalized spacial score (nSPS) is 10.7. The molecule has 0 aliphatic heterocycles. The number of para-hydroxylation sites is 2. The third-order valence-corrected chi connectivity index (χ3v) is 6.47. The highest BCUT2D eigenvalue weighted by atomic mass is 35.5. The number of aromatic carboxylic acids is 4. The van der Waals surface area contributed by atoms with E-state index in [2.05, 4.69) is 10.6 Å². The van der Waals surface area contributed by atoms with E-state index in [4.69, 9.17) is 26.9 Å². The monoisotopic (exact) mass is 630 g/mol. The Morgan fingerprint density at radius 2 is 1.05 bits per heavy atom. The minimum Gasteiger partial charge on any atom is -0.478 e. The number of alkyl halides is 3. The molecule has 10 nitrogen and oxygen atoms in total. The van der Waals surface area contributed by atoms with Crippen molar-refractivity contribution in [1.29, 1.82) is 0 Å². The van der Waals surface area contributed by atoms with E-state index in [1.54, 1.807) is 31.2 Å². The van der Waals surface area contributed by atoms with Gasteiger partial charge in [0, 0.05) is 0 Å². The number of hydrogen-bond acceptors (Lipinski definition) is 6. The Morgan fingerprint density at radius 3 is 1.52 bits per heavy atom. The van der Waals surface area contributed by atoms with Crippen molar-refractivity contribution in [3.63, 3.8) is 0 Å². The Labute approximate surface area is 252 Å². The van der Waals surface area contributed by atoms with Crippen molar-refractivity contribution in [3.8, 4) is 0 Å². The smallest absolute Gasteiger partial charge is 0.416 e. The van der Waals surface area contributed by atoms with Crippen molar-refractivity contribution >= 4 is 58.2 Å². The lowest BCUT2D eigenvalue weighted by Gasteiger charge is -2.14. The minimum atomic E-state index is -4.65. The number of rotatable bonds is 8. The maximum Gasteiger partial charge on any atom is 0.416 e. The summed E-state index contributed by atoms with van der Waals surface area (Å²) in [4.78, 5) is 44.7. The second-order valence-corrected chi connectivity index (χ2v) is 9.32. The predicted octanol–water partition coefficient (Wildman–Crippen LogP) is 7.63. The van der Waals surface area contributed by atoms with Gasteiger partial charge in [-0.3, -0.25) is 0 Å². The lowest BCUT2D eigenvalue weighted by Crippen LogP contribution is -2.10. The van der Waals surface area contributed by atoms with Crippen molar-refractivity contribution < 1.29 is 52.8 Å². The molecular formula is C30H22ClF3N2O8. The topological polar surface area (TPSA) is 173 Å². The molecule has 0 bridgehead atoms. The number of carboxylic acids is 4.